The van der Waals surface area contributed by atoms with Gasteiger partial charge in [-0.25, -0.2) is 0 Å². The van der Waals surface area contributed by atoms with Gasteiger partial charge in [-0.2, -0.15) is 0 Å². The van der Waals surface area contributed by atoms with Crippen LogP contribution in [0.15, 0.2) is 24.3 Å². The molecular weight excluding hydrogens is 312 g/mol. The van der Waals surface area contributed by atoms with Gasteiger partial charge in [0, 0.05) is 11.5 Å². The van der Waals surface area contributed by atoms with Gasteiger partial charge in [0.05, 0.1) is 6.10 Å². The fraction of sp³-hybridized carbons (Fsp3) is 0.667. The second-order valence-corrected chi connectivity index (χ2v) is 14.1. The number of benzene rings is 1. The average Bonchev–Trinajstić information content (AvgIpc) is 2.72. The Bertz CT molecular complexity index is 629. The van der Waals surface area contributed by atoms with Gasteiger partial charge in [-0.15, -0.1) is 0 Å². The lowest BCUT2D eigenvalue weighted by molar-refractivity contribution is 0.0769. The molecule has 4 atom stereocenters. The van der Waals surface area contributed by atoms with Gasteiger partial charge in [-0.3, -0.25) is 4.79 Å². The fourth-order valence-electron chi connectivity index (χ4n) is 4.25. The van der Waals surface area contributed by atoms with Crippen molar-refractivity contribution in [1.29, 1.82) is 0 Å². The molecule has 0 saturated heterocycles. The van der Waals surface area contributed by atoms with Crippen molar-refractivity contribution < 1.29 is 9.22 Å². The van der Waals surface area contributed by atoms with Crippen LogP contribution in [0.2, 0.25) is 18.1 Å². The average molecular weight is 345 g/mol. The van der Waals surface area contributed by atoms with E-state index in [2.05, 4.69) is 52.9 Å². The van der Waals surface area contributed by atoms with E-state index in [1.807, 2.05) is 12.1 Å². The Morgan fingerprint density at radius 1 is 1.17 bits per heavy atom. The molecule has 3 rings (SSSR count). The van der Waals surface area contributed by atoms with E-state index in [1.165, 1.54) is 5.56 Å². The van der Waals surface area contributed by atoms with E-state index in [0.717, 1.165) is 24.8 Å². The normalized spacial score (nSPS) is 30.7. The Labute approximate surface area is 148 Å². The number of carbonyl (C=O) groups is 1. The van der Waals surface area contributed by atoms with Crippen LogP contribution in [-0.2, 0) is 10.8 Å². The number of hydrogen-bond acceptors (Lipinski definition) is 2. The summed E-state index contributed by atoms with van der Waals surface area (Å²) in [6.07, 6.45) is 3.32. The molecule has 0 aromatic heterocycles. The summed E-state index contributed by atoms with van der Waals surface area (Å²) in [6, 6.07) is 8.20. The first-order chi connectivity index (χ1) is 11.1. The van der Waals surface area contributed by atoms with E-state index in [-0.39, 0.29) is 17.1 Å². The minimum absolute atomic E-state index is 0.151. The zero-order chi connectivity index (χ0) is 17.7. The number of fused-ring (bicyclic) bond motifs is 2. The van der Waals surface area contributed by atoms with Crippen molar-refractivity contribution in [2.24, 2.45) is 17.8 Å². The lowest BCUT2D eigenvalue weighted by atomic mass is 9.88. The molecule has 24 heavy (non-hydrogen) atoms. The molecule has 1 unspecified atom stereocenters. The molecule has 0 radical (unpaired) electrons. The SMILES string of the molecule is C[C@H]1C[C@@H]2C(=O)c3ccccc3CC[C@H]2C1O[Si](C)(C)C(C)(C)C. The van der Waals surface area contributed by atoms with Crippen molar-refractivity contribution in [3.8, 4) is 0 Å². The predicted octanol–water partition coefficient (Wildman–Crippen LogP) is 5.48. The molecule has 2 aliphatic rings. The van der Waals surface area contributed by atoms with Gasteiger partial charge in [0.2, 0.25) is 0 Å². The van der Waals surface area contributed by atoms with Crippen LogP contribution in [0.3, 0.4) is 0 Å². The number of Topliss-reactive ketones (excluding diaryl/α,β-unsaturated/α-hetero) is 1. The van der Waals surface area contributed by atoms with Crippen LogP contribution in [0.25, 0.3) is 0 Å². The number of rotatable bonds is 2. The highest BCUT2D eigenvalue weighted by molar-refractivity contribution is 6.74. The van der Waals surface area contributed by atoms with E-state index in [0.29, 0.717) is 17.6 Å². The Morgan fingerprint density at radius 3 is 2.50 bits per heavy atom. The van der Waals surface area contributed by atoms with Gasteiger partial charge in [-0.05, 0) is 54.8 Å². The van der Waals surface area contributed by atoms with Crippen LogP contribution in [0.1, 0.15) is 56.5 Å². The molecule has 0 amide bonds. The number of ketones is 1. The van der Waals surface area contributed by atoms with Crippen molar-refractivity contribution in [3.05, 3.63) is 35.4 Å². The second-order valence-electron chi connectivity index (χ2n) is 9.39. The van der Waals surface area contributed by atoms with E-state index < -0.39 is 8.32 Å². The zero-order valence-electron chi connectivity index (χ0n) is 16.1. The topological polar surface area (TPSA) is 26.3 Å². The monoisotopic (exact) mass is 344 g/mol. The van der Waals surface area contributed by atoms with Crippen LogP contribution >= 0.6 is 0 Å². The number of aryl methyl sites for hydroxylation is 1. The molecule has 0 bridgehead atoms. The molecule has 3 heteroatoms. The highest BCUT2D eigenvalue weighted by atomic mass is 28.4. The first-order valence-electron chi connectivity index (χ1n) is 9.42. The summed E-state index contributed by atoms with van der Waals surface area (Å²) in [7, 11) is -1.82. The first kappa shape index (κ1) is 17.9. The fourth-order valence-corrected chi connectivity index (χ4v) is 5.69. The number of hydrogen-bond donors (Lipinski definition) is 0. The molecule has 1 aromatic carbocycles. The molecule has 0 N–H and O–H groups in total. The van der Waals surface area contributed by atoms with Gasteiger partial charge >= 0.3 is 0 Å². The summed E-state index contributed by atoms with van der Waals surface area (Å²) in [5.41, 5.74) is 2.20. The predicted molar refractivity (Wildman–Crippen MR) is 102 cm³/mol. The Hall–Kier alpha value is -0.933. The molecule has 0 aliphatic heterocycles. The largest absolute Gasteiger partial charge is 0.413 e. The molecule has 1 aromatic rings. The third-order valence-electron chi connectivity index (χ3n) is 6.73. The first-order valence-corrected chi connectivity index (χ1v) is 12.3. The van der Waals surface area contributed by atoms with E-state index >= 15 is 0 Å². The highest BCUT2D eigenvalue weighted by Crippen LogP contribution is 2.48. The van der Waals surface area contributed by atoms with E-state index in [9.17, 15) is 4.79 Å². The summed E-state index contributed by atoms with van der Waals surface area (Å²) >= 11 is 0. The van der Waals surface area contributed by atoms with Gasteiger partial charge in [0.15, 0.2) is 14.1 Å². The molecule has 1 saturated carbocycles. The molecular formula is C21H32O2Si. The van der Waals surface area contributed by atoms with Crippen molar-refractivity contribution >= 4 is 14.1 Å². The van der Waals surface area contributed by atoms with Crippen LogP contribution < -0.4 is 0 Å². The van der Waals surface area contributed by atoms with Gasteiger partial charge in [0.1, 0.15) is 0 Å². The van der Waals surface area contributed by atoms with Gasteiger partial charge in [0.25, 0.3) is 0 Å². The van der Waals surface area contributed by atoms with Gasteiger partial charge in [-0.1, -0.05) is 52.0 Å². The Kier molecular flexibility index (Phi) is 4.54. The van der Waals surface area contributed by atoms with Crippen molar-refractivity contribution in [1.82, 2.24) is 0 Å². The lowest BCUT2D eigenvalue weighted by Gasteiger charge is -2.41. The molecule has 0 spiro atoms. The third-order valence-corrected chi connectivity index (χ3v) is 11.2. The molecule has 132 valence electrons. The molecule has 1 fully saturated rings. The van der Waals surface area contributed by atoms with Gasteiger partial charge < -0.3 is 4.43 Å². The summed E-state index contributed by atoms with van der Waals surface area (Å²) in [6.45, 7) is 13.8. The number of carbonyl (C=O) groups excluding carboxylic acids is 1. The third kappa shape index (κ3) is 3.01. The van der Waals surface area contributed by atoms with E-state index in [1.54, 1.807) is 0 Å². The summed E-state index contributed by atoms with van der Waals surface area (Å²) in [5, 5.41) is 0.211. The highest BCUT2D eigenvalue weighted by Gasteiger charge is 2.50. The maximum atomic E-state index is 13.1. The minimum atomic E-state index is -1.82. The summed E-state index contributed by atoms with van der Waals surface area (Å²) in [4.78, 5) is 13.1. The summed E-state index contributed by atoms with van der Waals surface area (Å²) in [5.74, 6) is 1.37. The standard InChI is InChI=1S/C21H32O2Si/c1-14-13-18-17(20(14)23-24(5,6)21(2,3)4)12-11-15-9-7-8-10-16(15)19(18)22/h7-10,14,17-18,20H,11-13H2,1-6H3/t14-,17+,18-,20?/m0/s1. The van der Waals surface area contributed by atoms with Crippen molar-refractivity contribution in [2.45, 2.75) is 71.2 Å². The maximum Gasteiger partial charge on any atom is 0.192 e. The van der Waals surface area contributed by atoms with Crippen LogP contribution in [-0.4, -0.2) is 20.2 Å². The molecule has 2 aliphatic carbocycles. The molecule has 2 nitrogen and oxygen atoms in total. The Morgan fingerprint density at radius 2 is 1.83 bits per heavy atom. The quantitative estimate of drug-likeness (QED) is 0.664. The van der Waals surface area contributed by atoms with Crippen LogP contribution in [0.4, 0.5) is 0 Å². The summed E-state index contributed by atoms with van der Waals surface area (Å²) < 4.78 is 6.83. The molecule has 0 heterocycles. The maximum absolute atomic E-state index is 13.1. The lowest BCUT2D eigenvalue weighted by Crippen LogP contribution is -2.46. The Balaban J connectivity index is 1.88. The zero-order valence-corrected chi connectivity index (χ0v) is 17.1. The van der Waals surface area contributed by atoms with E-state index in [4.69, 9.17) is 4.43 Å². The van der Waals surface area contributed by atoms with Crippen molar-refractivity contribution in [2.75, 3.05) is 0 Å². The minimum Gasteiger partial charge on any atom is -0.413 e. The second kappa shape index (κ2) is 6.10. The smallest absolute Gasteiger partial charge is 0.192 e. The van der Waals surface area contributed by atoms with Crippen LogP contribution in [0.5, 0.6) is 0 Å². The van der Waals surface area contributed by atoms with Crippen LogP contribution in [0, 0.1) is 17.8 Å². The van der Waals surface area contributed by atoms with Crippen molar-refractivity contribution in [3.63, 3.8) is 0 Å².